The summed E-state index contributed by atoms with van der Waals surface area (Å²) in [6, 6.07) is 92.2. The first-order valence-corrected chi connectivity index (χ1v) is 25.3. The first-order chi connectivity index (χ1) is 26.8. The van der Waals surface area contributed by atoms with Gasteiger partial charge in [0.15, 0.2) is 17.9 Å². The standard InChI is InChI=1S/C48H40N2Si4/c1-9-25-41(26-10-1)51(42-27-11-2-12-28-42)49-53(45-33-17-5-18-34-45,46-35-19-6-20-36-46)50(52(43-29-13-3-14-30-43)44-31-15-4-16-32-44)54(49,47-37-21-7-22-38-47)48-39-23-8-24-40-48/h1-40H. The molecule has 0 bridgehead atoms. The normalized spacial score (nSPS) is 15.1. The number of hydrogen-bond acceptors (Lipinski definition) is 2. The molecule has 1 fully saturated rings. The van der Waals surface area contributed by atoms with Crippen LogP contribution in [0.15, 0.2) is 243 Å². The van der Waals surface area contributed by atoms with Crippen molar-refractivity contribution >= 4 is 76.2 Å². The second kappa shape index (κ2) is 15.1. The van der Waals surface area contributed by atoms with Crippen LogP contribution in [0.4, 0.5) is 0 Å². The Labute approximate surface area is 325 Å². The molecule has 0 amide bonds. The van der Waals surface area contributed by atoms with Gasteiger partial charge in [-0.1, -0.05) is 243 Å². The van der Waals surface area contributed by atoms with Crippen LogP contribution in [0.5, 0.6) is 0 Å². The molecular weight excluding hydrogens is 717 g/mol. The molecule has 8 aromatic rings. The van der Waals surface area contributed by atoms with Crippen LogP contribution in [0, 0.1) is 0 Å². The summed E-state index contributed by atoms with van der Waals surface area (Å²) in [5.74, 6) is 0. The molecule has 0 aliphatic carbocycles. The van der Waals surface area contributed by atoms with Crippen molar-refractivity contribution in [1.29, 1.82) is 0 Å². The molecule has 0 N–H and O–H groups in total. The van der Waals surface area contributed by atoms with Gasteiger partial charge in [0.1, 0.15) is 0 Å². The molecule has 0 unspecified atom stereocenters. The van der Waals surface area contributed by atoms with Gasteiger partial charge in [-0.3, -0.25) is 0 Å². The molecule has 6 heteroatoms. The summed E-state index contributed by atoms with van der Waals surface area (Å²) in [6.45, 7) is 0. The van der Waals surface area contributed by atoms with E-state index in [1.807, 2.05) is 0 Å². The average Bonchev–Trinajstić information content (AvgIpc) is 3.26. The van der Waals surface area contributed by atoms with E-state index in [9.17, 15) is 0 Å². The summed E-state index contributed by atoms with van der Waals surface area (Å²) >= 11 is 0. The van der Waals surface area contributed by atoms with Gasteiger partial charge in [-0.15, -0.1) is 0 Å². The van der Waals surface area contributed by atoms with E-state index in [4.69, 9.17) is 0 Å². The lowest BCUT2D eigenvalue weighted by Crippen LogP contribution is -3.11. The highest BCUT2D eigenvalue weighted by molar-refractivity contribution is 7.35. The monoisotopic (exact) mass is 756 g/mol. The van der Waals surface area contributed by atoms with Crippen LogP contribution in [0.1, 0.15) is 0 Å². The molecule has 1 aliphatic rings. The molecule has 54 heavy (non-hydrogen) atoms. The molecule has 1 aliphatic heterocycles. The summed E-state index contributed by atoms with van der Waals surface area (Å²) in [5.41, 5.74) is 0. The van der Waals surface area contributed by atoms with Gasteiger partial charge in [0.2, 0.25) is 16.8 Å². The fraction of sp³-hybridized carbons (Fsp3) is 0. The molecule has 9 rings (SSSR count). The molecular formula is C48H40N2Si4. The lowest BCUT2D eigenvalue weighted by atomic mass is 10.4. The van der Waals surface area contributed by atoms with E-state index in [0.29, 0.717) is 0 Å². The van der Waals surface area contributed by atoms with Gasteiger partial charge >= 0.3 is 0 Å². The van der Waals surface area contributed by atoms with Crippen molar-refractivity contribution in [3.05, 3.63) is 243 Å². The van der Waals surface area contributed by atoms with E-state index in [2.05, 4.69) is 250 Å². The van der Waals surface area contributed by atoms with Crippen LogP contribution < -0.4 is 41.5 Å². The molecule has 0 saturated carbocycles. The van der Waals surface area contributed by atoms with Gasteiger partial charge in [-0.25, -0.2) is 0 Å². The maximum Gasteiger partial charge on any atom is 0.250 e. The minimum Gasteiger partial charge on any atom is -0.324 e. The highest BCUT2D eigenvalue weighted by Crippen LogP contribution is 2.40. The predicted molar refractivity (Wildman–Crippen MR) is 235 cm³/mol. The second-order valence-electron chi connectivity index (χ2n) is 13.6. The van der Waals surface area contributed by atoms with E-state index in [-0.39, 0.29) is 0 Å². The molecule has 8 aromatic carbocycles. The van der Waals surface area contributed by atoms with Crippen LogP contribution in [-0.4, -0.2) is 42.5 Å². The lowest BCUT2D eigenvalue weighted by molar-refractivity contribution is 0.690. The van der Waals surface area contributed by atoms with Gasteiger partial charge in [0, 0.05) is 0 Å². The molecule has 1 saturated heterocycles. The second-order valence-corrected chi connectivity index (χ2v) is 27.7. The first-order valence-electron chi connectivity index (χ1n) is 18.6. The van der Waals surface area contributed by atoms with Crippen molar-refractivity contribution in [1.82, 2.24) is 7.79 Å². The lowest BCUT2D eigenvalue weighted by Gasteiger charge is -2.75. The zero-order valence-electron chi connectivity index (χ0n) is 30.0. The fourth-order valence-corrected chi connectivity index (χ4v) is 39.8. The maximum atomic E-state index is 3.24. The van der Waals surface area contributed by atoms with Crippen LogP contribution in [0.25, 0.3) is 0 Å². The third kappa shape index (κ3) is 5.67. The van der Waals surface area contributed by atoms with E-state index >= 15 is 0 Å². The van der Waals surface area contributed by atoms with Crippen molar-refractivity contribution in [2.75, 3.05) is 0 Å². The fourth-order valence-electron chi connectivity index (χ4n) is 8.55. The third-order valence-electron chi connectivity index (χ3n) is 10.6. The Morgan fingerprint density at radius 3 is 0.574 bits per heavy atom. The van der Waals surface area contributed by atoms with Gasteiger partial charge < -0.3 is 7.79 Å². The van der Waals surface area contributed by atoms with E-state index in [0.717, 1.165) is 0 Å². The Balaban J connectivity index is 1.52. The minimum atomic E-state index is -3.09. The van der Waals surface area contributed by atoms with Crippen LogP contribution in [-0.2, 0) is 0 Å². The maximum absolute atomic E-state index is 3.24. The Hall–Kier alpha value is -5.45. The molecule has 258 valence electrons. The summed E-state index contributed by atoms with van der Waals surface area (Å²) in [5, 5.41) is 11.3. The van der Waals surface area contributed by atoms with E-state index in [1.54, 1.807) is 0 Å². The topological polar surface area (TPSA) is 6.48 Å². The zero-order valence-corrected chi connectivity index (χ0v) is 34.0. The summed E-state index contributed by atoms with van der Waals surface area (Å²) in [7, 11) is -9.46. The van der Waals surface area contributed by atoms with E-state index < -0.39 is 34.7 Å². The van der Waals surface area contributed by atoms with Gasteiger partial charge in [-0.2, -0.15) is 0 Å². The molecule has 2 nitrogen and oxygen atoms in total. The number of rotatable bonds is 10. The molecule has 2 radical (unpaired) electrons. The van der Waals surface area contributed by atoms with Crippen molar-refractivity contribution in [3.63, 3.8) is 0 Å². The highest BCUT2D eigenvalue weighted by Gasteiger charge is 2.77. The van der Waals surface area contributed by atoms with Gasteiger partial charge in [0.25, 0.3) is 0 Å². The molecule has 0 atom stereocenters. The van der Waals surface area contributed by atoms with Crippen LogP contribution in [0.2, 0.25) is 0 Å². The average molecular weight is 757 g/mol. The Bertz CT molecular complexity index is 2050. The highest BCUT2D eigenvalue weighted by atomic mass is 28.6. The number of benzene rings is 8. The smallest absolute Gasteiger partial charge is 0.250 e. The quantitative estimate of drug-likeness (QED) is 0.187. The van der Waals surface area contributed by atoms with Crippen LogP contribution >= 0.6 is 0 Å². The minimum absolute atomic E-state index is 1.41. The summed E-state index contributed by atoms with van der Waals surface area (Å²) in [4.78, 5) is 0. The van der Waals surface area contributed by atoms with E-state index in [1.165, 1.54) is 41.5 Å². The predicted octanol–water partition coefficient (Wildman–Crippen LogP) is 4.73. The van der Waals surface area contributed by atoms with Gasteiger partial charge in [-0.05, 0) is 41.5 Å². The first kappa shape index (κ1) is 34.3. The largest absolute Gasteiger partial charge is 0.324 e. The van der Waals surface area contributed by atoms with Crippen molar-refractivity contribution in [2.24, 2.45) is 0 Å². The van der Waals surface area contributed by atoms with Crippen molar-refractivity contribution < 1.29 is 0 Å². The number of nitrogens with zero attached hydrogens (tertiary/aromatic N) is 2. The Kier molecular flexibility index (Phi) is 9.61. The molecule has 0 aromatic heterocycles. The number of hydrogen-bond donors (Lipinski definition) is 0. The Morgan fingerprint density at radius 2 is 0.389 bits per heavy atom. The Morgan fingerprint density at radius 1 is 0.222 bits per heavy atom. The SMILES string of the molecule is c1ccc([Si](c2ccccc2)N2[Si](c3ccccc3)(c3ccccc3)N([Si](c3ccccc3)c3ccccc3)[Si]2(c2ccccc2)c2ccccc2)cc1. The molecule has 0 spiro atoms. The van der Waals surface area contributed by atoms with Crippen molar-refractivity contribution in [2.45, 2.75) is 0 Å². The van der Waals surface area contributed by atoms with Crippen molar-refractivity contribution in [3.8, 4) is 0 Å². The third-order valence-corrected chi connectivity index (χ3v) is 32.6. The van der Waals surface area contributed by atoms with Crippen LogP contribution in [0.3, 0.4) is 0 Å². The zero-order chi connectivity index (χ0) is 36.2. The summed E-state index contributed by atoms with van der Waals surface area (Å²) in [6.07, 6.45) is 0. The van der Waals surface area contributed by atoms with Gasteiger partial charge in [0.05, 0.1) is 0 Å². The molecule has 1 heterocycles. The summed E-state index contributed by atoms with van der Waals surface area (Å²) < 4.78 is 6.47.